The average Bonchev–Trinajstić information content (AvgIpc) is 3.21. The first kappa shape index (κ1) is 29.9. The molecule has 1 heterocycles. The number of nitrogens with zero attached hydrogens (tertiary/aromatic N) is 2. The van der Waals surface area contributed by atoms with E-state index >= 15 is 0 Å². The van der Waals surface area contributed by atoms with Gasteiger partial charge in [-0.1, -0.05) is 25.4 Å². The topological polar surface area (TPSA) is 107 Å². The maximum Gasteiger partial charge on any atom is 0.295 e. The standard InChI is InChI=1S/C28H35ClN2O8/c1-8-30(9-2)10-11-31-24(16-12-21(37-5)27(39-7)22(13-16)38-6)23(26(33)28(31)34)25(32)17-14-18(29)20(36-4)15-19(17)35-3/h12-15,24,32H,8-11H2,1-7H3/b25-23+. The molecule has 1 fully saturated rings. The van der Waals surface area contributed by atoms with Crippen molar-refractivity contribution < 1.29 is 38.4 Å². The Labute approximate surface area is 233 Å². The molecule has 1 amide bonds. The Bertz CT molecular complexity index is 1230. The smallest absolute Gasteiger partial charge is 0.295 e. The van der Waals surface area contributed by atoms with Crippen LogP contribution in [0.3, 0.4) is 0 Å². The lowest BCUT2D eigenvalue weighted by atomic mass is 9.94. The third kappa shape index (κ3) is 5.72. The summed E-state index contributed by atoms with van der Waals surface area (Å²) in [5, 5.41) is 11.8. The van der Waals surface area contributed by atoms with E-state index in [1.165, 1.54) is 52.6 Å². The van der Waals surface area contributed by atoms with E-state index in [4.69, 9.17) is 35.3 Å². The van der Waals surface area contributed by atoms with Gasteiger partial charge in [0, 0.05) is 19.2 Å². The van der Waals surface area contributed by atoms with Crippen molar-refractivity contribution in [2.45, 2.75) is 19.9 Å². The van der Waals surface area contributed by atoms with Gasteiger partial charge in [-0.2, -0.15) is 0 Å². The van der Waals surface area contributed by atoms with Crippen LogP contribution in [0.5, 0.6) is 28.7 Å². The number of carbonyl (C=O) groups is 2. The fraction of sp³-hybridized carbons (Fsp3) is 0.429. The monoisotopic (exact) mass is 562 g/mol. The van der Waals surface area contributed by atoms with Crippen LogP contribution in [0.4, 0.5) is 0 Å². The van der Waals surface area contributed by atoms with E-state index in [1.54, 1.807) is 12.1 Å². The number of amides is 1. The van der Waals surface area contributed by atoms with E-state index in [9.17, 15) is 14.7 Å². The van der Waals surface area contributed by atoms with Gasteiger partial charge in [0.15, 0.2) is 11.5 Å². The number of ketones is 1. The van der Waals surface area contributed by atoms with E-state index in [-0.39, 0.29) is 28.5 Å². The minimum absolute atomic E-state index is 0.117. The van der Waals surface area contributed by atoms with Gasteiger partial charge >= 0.3 is 0 Å². The zero-order chi connectivity index (χ0) is 28.9. The molecule has 0 aliphatic carbocycles. The van der Waals surface area contributed by atoms with Crippen LogP contribution >= 0.6 is 11.6 Å². The summed E-state index contributed by atoms with van der Waals surface area (Å²) in [5.41, 5.74) is 0.513. The number of likely N-dealkylation sites (tertiary alicyclic amines) is 1. The summed E-state index contributed by atoms with van der Waals surface area (Å²) in [6.07, 6.45) is 0. The Kier molecular flexibility index (Phi) is 9.93. The third-order valence-corrected chi connectivity index (χ3v) is 7.12. The van der Waals surface area contributed by atoms with Crippen molar-refractivity contribution in [3.05, 3.63) is 46.0 Å². The summed E-state index contributed by atoms with van der Waals surface area (Å²) in [4.78, 5) is 30.5. The highest BCUT2D eigenvalue weighted by Crippen LogP contribution is 2.47. The molecule has 0 bridgehead atoms. The molecule has 10 nitrogen and oxygen atoms in total. The molecule has 0 saturated carbocycles. The number of rotatable bonds is 12. The Morgan fingerprint density at radius 1 is 0.872 bits per heavy atom. The minimum Gasteiger partial charge on any atom is -0.507 e. The molecule has 1 atom stereocenters. The summed E-state index contributed by atoms with van der Waals surface area (Å²) in [7, 11) is 7.30. The molecule has 2 aromatic rings. The number of likely N-dealkylation sites (N-methyl/N-ethyl adjacent to an activating group) is 1. The van der Waals surface area contributed by atoms with Gasteiger partial charge < -0.3 is 38.6 Å². The van der Waals surface area contributed by atoms with Gasteiger partial charge in [-0.15, -0.1) is 0 Å². The van der Waals surface area contributed by atoms with Gasteiger partial charge in [0.05, 0.1) is 57.8 Å². The summed E-state index contributed by atoms with van der Waals surface area (Å²) >= 11 is 6.36. The molecule has 1 unspecified atom stereocenters. The fourth-order valence-corrected chi connectivity index (χ4v) is 4.94. The van der Waals surface area contributed by atoms with E-state index in [0.29, 0.717) is 35.1 Å². The molecule has 39 heavy (non-hydrogen) atoms. The predicted molar refractivity (Wildman–Crippen MR) is 147 cm³/mol. The SMILES string of the molecule is CCN(CC)CCN1C(=O)C(=O)/C(=C(/O)c2cc(Cl)c(OC)cc2OC)C1c1cc(OC)c(OC)c(OC)c1. The molecule has 1 N–H and O–H groups in total. The Morgan fingerprint density at radius 2 is 1.44 bits per heavy atom. The molecule has 1 aliphatic heterocycles. The normalized spacial score (nSPS) is 16.5. The van der Waals surface area contributed by atoms with Crippen LogP contribution in [0.15, 0.2) is 29.8 Å². The maximum atomic E-state index is 13.5. The predicted octanol–water partition coefficient (Wildman–Crippen LogP) is 4.15. The molecule has 0 spiro atoms. The number of Topliss-reactive ketones (excluding diaryl/α,β-unsaturated/α-hetero) is 1. The lowest BCUT2D eigenvalue weighted by Gasteiger charge is -2.29. The Morgan fingerprint density at radius 3 is 1.92 bits per heavy atom. The van der Waals surface area contributed by atoms with Crippen molar-refractivity contribution in [2.75, 3.05) is 61.7 Å². The van der Waals surface area contributed by atoms with Crippen LogP contribution < -0.4 is 23.7 Å². The lowest BCUT2D eigenvalue weighted by molar-refractivity contribution is -0.140. The number of benzene rings is 2. The maximum absolute atomic E-state index is 13.5. The van der Waals surface area contributed by atoms with Gasteiger partial charge in [0.25, 0.3) is 11.7 Å². The zero-order valence-corrected chi connectivity index (χ0v) is 24.0. The molecule has 3 rings (SSSR count). The Balaban J connectivity index is 2.30. The molecular weight excluding hydrogens is 528 g/mol. The summed E-state index contributed by atoms with van der Waals surface area (Å²) in [6, 6.07) is 5.30. The Hall–Kier alpha value is -3.63. The molecule has 0 radical (unpaired) electrons. The number of ether oxygens (including phenoxy) is 5. The van der Waals surface area contributed by atoms with Crippen LogP contribution in [0.1, 0.15) is 31.0 Å². The summed E-state index contributed by atoms with van der Waals surface area (Å²) in [6.45, 7) is 6.36. The zero-order valence-electron chi connectivity index (χ0n) is 23.3. The van der Waals surface area contributed by atoms with Crippen LogP contribution in [-0.4, -0.2) is 88.3 Å². The largest absolute Gasteiger partial charge is 0.507 e. The van der Waals surface area contributed by atoms with Gasteiger partial charge in [-0.25, -0.2) is 0 Å². The van der Waals surface area contributed by atoms with Crippen molar-refractivity contribution in [3.8, 4) is 28.7 Å². The van der Waals surface area contributed by atoms with E-state index in [2.05, 4.69) is 4.90 Å². The van der Waals surface area contributed by atoms with E-state index in [1.807, 2.05) is 13.8 Å². The number of methoxy groups -OCH3 is 5. The van der Waals surface area contributed by atoms with E-state index in [0.717, 1.165) is 13.1 Å². The third-order valence-electron chi connectivity index (χ3n) is 6.82. The highest BCUT2D eigenvalue weighted by Gasteiger charge is 2.47. The van der Waals surface area contributed by atoms with Gasteiger partial charge in [-0.05, 0) is 36.9 Å². The number of halogens is 1. The quantitative estimate of drug-likeness (QED) is 0.232. The molecule has 0 aromatic heterocycles. The van der Waals surface area contributed by atoms with Crippen LogP contribution in [0, 0.1) is 0 Å². The second-order valence-electron chi connectivity index (χ2n) is 8.67. The first-order valence-corrected chi connectivity index (χ1v) is 12.8. The summed E-state index contributed by atoms with van der Waals surface area (Å²) < 4.78 is 27.2. The van der Waals surface area contributed by atoms with E-state index < -0.39 is 23.5 Å². The molecule has 11 heteroatoms. The number of aliphatic hydroxyl groups excluding tert-OH is 1. The highest BCUT2D eigenvalue weighted by atomic mass is 35.5. The number of carbonyl (C=O) groups excluding carboxylic acids is 2. The molecule has 2 aromatic carbocycles. The summed E-state index contributed by atoms with van der Waals surface area (Å²) in [5.74, 6) is -0.428. The highest BCUT2D eigenvalue weighted by molar-refractivity contribution is 6.46. The fourth-order valence-electron chi connectivity index (χ4n) is 4.70. The molecule has 1 saturated heterocycles. The number of hydrogen-bond acceptors (Lipinski definition) is 9. The molecule has 1 aliphatic rings. The van der Waals surface area contributed by atoms with Crippen molar-refractivity contribution in [3.63, 3.8) is 0 Å². The van der Waals surface area contributed by atoms with Crippen molar-refractivity contribution >= 4 is 29.1 Å². The molecular formula is C28H35ClN2O8. The van der Waals surface area contributed by atoms with Crippen LogP contribution in [0.25, 0.3) is 5.76 Å². The van der Waals surface area contributed by atoms with Crippen molar-refractivity contribution in [1.82, 2.24) is 9.80 Å². The van der Waals surface area contributed by atoms with Crippen molar-refractivity contribution in [2.24, 2.45) is 0 Å². The van der Waals surface area contributed by atoms with Gasteiger partial charge in [0.1, 0.15) is 17.3 Å². The second kappa shape index (κ2) is 12.9. The second-order valence-corrected chi connectivity index (χ2v) is 9.07. The minimum atomic E-state index is -0.958. The van der Waals surface area contributed by atoms with Gasteiger partial charge in [0.2, 0.25) is 5.75 Å². The number of aliphatic hydroxyl groups is 1. The lowest BCUT2D eigenvalue weighted by Crippen LogP contribution is -2.38. The van der Waals surface area contributed by atoms with Crippen LogP contribution in [-0.2, 0) is 9.59 Å². The van der Waals surface area contributed by atoms with Gasteiger partial charge in [-0.3, -0.25) is 9.59 Å². The first-order valence-electron chi connectivity index (χ1n) is 12.4. The van der Waals surface area contributed by atoms with Crippen LogP contribution in [0.2, 0.25) is 5.02 Å². The first-order chi connectivity index (χ1) is 18.7. The molecule has 212 valence electrons. The van der Waals surface area contributed by atoms with Crippen molar-refractivity contribution in [1.29, 1.82) is 0 Å². The average molecular weight is 563 g/mol. The number of hydrogen-bond donors (Lipinski definition) is 1.